The van der Waals surface area contributed by atoms with Crippen molar-refractivity contribution in [3.05, 3.63) is 60.8 Å². The van der Waals surface area contributed by atoms with Gasteiger partial charge in [0.15, 0.2) is 0 Å². The molecule has 0 spiro atoms. The quantitative estimate of drug-likeness (QED) is 0.0586. The molecule has 0 saturated carbocycles. The fourth-order valence-electron chi connectivity index (χ4n) is 4.12. The van der Waals surface area contributed by atoms with E-state index in [9.17, 15) is 19.5 Å². The highest BCUT2D eigenvalue weighted by Crippen LogP contribution is 2.39. The predicted octanol–water partition coefficient (Wildman–Crippen LogP) is 8.09. The number of hydrogen-bond donors (Lipinski definition) is 3. The largest absolute Gasteiger partial charge is 0.480 e. The fourth-order valence-corrected chi connectivity index (χ4v) is 7.14. The zero-order valence-corrected chi connectivity index (χ0v) is 26.6. The van der Waals surface area contributed by atoms with Crippen molar-refractivity contribution in [2.24, 2.45) is 0 Å². The number of allylic oxidation sites excluding steroid dienone is 10. The maximum absolute atomic E-state index is 12.2. The van der Waals surface area contributed by atoms with E-state index in [1.54, 1.807) is 0 Å². The number of unbranched alkanes of at least 4 members (excludes halogenated alkanes) is 2. The van der Waals surface area contributed by atoms with E-state index in [-0.39, 0.29) is 11.8 Å². The van der Waals surface area contributed by atoms with Crippen LogP contribution in [0.1, 0.15) is 103 Å². The maximum atomic E-state index is 12.2. The molecule has 230 valence electrons. The minimum absolute atomic E-state index is 0.0180. The van der Waals surface area contributed by atoms with Gasteiger partial charge in [-0.25, -0.2) is 4.79 Å². The standard InChI is InChI=1S/C33H52N2O4S2/c1-2-3-4-5-6-7-8-9-10-11-12-13-14-15-16-17-18-25-32(37)35-30(33(38)39)23-21-27-34-31(36)24-20-19-22-29-26-28-40-41-29/h3-4,6-7,9-10,12-13,15-16,29-30H,2,5,8,11,14,17-28H2,1H3,(H,34,36)(H,35,37)(H,38,39)/b4-3-,7-6-,10-9-,13-12-,16-15-/t29?,30-/m0/s1. The van der Waals surface area contributed by atoms with Gasteiger partial charge in [0.1, 0.15) is 6.04 Å². The van der Waals surface area contributed by atoms with Gasteiger partial charge in [-0.05, 0) is 77.0 Å². The Morgan fingerprint density at radius 2 is 1.41 bits per heavy atom. The molecule has 2 amide bonds. The van der Waals surface area contributed by atoms with E-state index in [0.29, 0.717) is 38.6 Å². The minimum atomic E-state index is -1.04. The highest BCUT2D eigenvalue weighted by molar-refractivity contribution is 8.77. The predicted molar refractivity (Wildman–Crippen MR) is 177 cm³/mol. The van der Waals surface area contributed by atoms with Crippen molar-refractivity contribution in [1.29, 1.82) is 0 Å². The van der Waals surface area contributed by atoms with Gasteiger partial charge in [0, 0.05) is 30.4 Å². The molecule has 0 aliphatic carbocycles. The lowest BCUT2D eigenvalue weighted by Gasteiger charge is -2.14. The summed E-state index contributed by atoms with van der Waals surface area (Å²) < 4.78 is 0. The molecule has 2 atom stereocenters. The Morgan fingerprint density at radius 1 is 0.805 bits per heavy atom. The van der Waals surface area contributed by atoms with Crippen LogP contribution < -0.4 is 10.6 Å². The molecule has 0 aromatic heterocycles. The van der Waals surface area contributed by atoms with Gasteiger partial charge >= 0.3 is 5.97 Å². The number of amides is 2. The third kappa shape index (κ3) is 23.1. The molecule has 3 N–H and O–H groups in total. The lowest BCUT2D eigenvalue weighted by atomic mass is 10.1. The monoisotopic (exact) mass is 604 g/mol. The first-order valence-corrected chi connectivity index (χ1v) is 17.7. The van der Waals surface area contributed by atoms with Gasteiger partial charge in [0.05, 0.1) is 0 Å². The van der Waals surface area contributed by atoms with Crippen molar-refractivity contribution in [3.8, 4) is 0 Å². The van der Waals surface area contributed by atoms with Crippen LogP contribution in [0.4, 0.5) is 0 Å². The number of rotatable bonds is 24. The van der Waals surface area contributed by atoms with Crippen molar-refractivity contribution < 1.29 is 19.5 Å². The summed E-state index contributed by atoms with van der Waals surface area (Å²) >= 11 is 0. The van der Waals surface area contributed by atoms with E-state index in [0.717, 1.165) is 56.6 Å². The van der Waals surface area contributed by atoms with E-state index in [2.05, 4.69) is 78.3 Å². The molecule has 1 fully saturated rings. The number of carbonyl (C=O) groups excluding carboxylic acids is 2. The van der Waals surface area contributed by atoms with E-state index in [4.69, 9.17) is 0 Å². The highest BCUT2D eigenvalue weighted by Gasteiger charge is 2.19. The molecule has 6 nitrogen and oxygen atoms in total. The topological polar surface area (TPSA) is 95.5 Å². The van der Waals surface area contributed by atoms with Crippen molar-refractivity contribution >= 4 is 39.4 Å². The summed E-state index contributed by atoms with van der Waals surface area (Å²) in [6.45, 7) is 2.57. The summed E-state index contributed by atoms with van der Waals surface area (Å²) in [5.41, 5.74) is 0. The molecule has 1 unspecified atom stereocenters. The Bertz CT molecular complexity index is 861. The van der Waals surface area contributed by atoms with E-state index >= 15 is 0 Å². The SMILES string of the molecule is CC/C=C\C/C=C\C/C=C\C/C=C\C/C=C\CCCC(=O)N[C@@H](CCCNC(=O)CCCCC1CCSS1)C(=O)O. The molecule has 8 heteroatoms. The van der Waals surface area contributed by atoms with E-state index in [1.165, 1.54) is 18.6 Å². The molecule has 1 rings (SSSR count). The first-order chi connectivity index (χ1) is 20.0. The van der Waals surface area contributed by atoms with Crippen LogP contribution in [0.5, 0.6) is 0 Å². The lowest BCUT2D eigenvalue weighted by molar-refractivity contribution is -0.142. The molecule has 1 aliphatic heterocycles. The second kappa shape index (κ2) is 26.7. The second-order valence-electron chi connectivity index (χ2n) is 10.1. The van der Waals surface area contributed by atoms with Gasteiger partial charge in [-0.3, -0.25) is 9.59 Å². The number of carboxylic acids is 1. The van der Waals surface area contributed by atoms with Gasteiger partial charge in [0.25, 0.3) is 0 Å². The van der Waals surface area contributed by atoms with Crippen LogP contribution in [-0.4, -0.2) is 46.5 Å². The first-order valence-electron chi connectivity index (χ1n) is 15.3. The number of nitrogens with one attached hydrogen (secondary N) is 2. The average Bonchev–Trinajstić information content (AvgIpc) is 3.48. The first kappa shape index (κ1) is 36.8. The van der Waals surface area contributed by atoms with Crippen LogP contribution in [0.25, 0.3) is 0 Å². The van der Waals surface area contributed by atoms with E-state index in [1.807, 2.05) is 21.6 Å². The Kier molecular flexibility index (Phi) is 24.0. The summed E-state index contributed by atoms with van der Waals surface area (Å²) in [4.78, 5) is 35.8. The molecule has 1 heterocycles. The summed E-state index contributed by atoms with van der Waals surface area (Å²) in [5.74, 6) is -0.0268. The van der Waals surface area contributed by atoms with Gasteiger partial charge < -0.3 is 15.7 Å². The normalized spacial score (nSPS) is 16.6. The summed E-state index contributed by atoms with van der Waals surface area (Å²) in [6.07, 6.45) is 33.9. The zero-order valence-electron chi connectivity index (χ0n) is 24.9. The van der Waals surface area contributed by atoms with Crippen LogP contribution in [0.15, 0.2) is 60.8 Å². The molecule has 0 aromatic carbocycles. The van der Waals surface area contributed by atoms with E-state index < -0.39 is 12.0 Å². The Balaban J connectivity index is 2.04. The molecule has 1 saturated heterocycles. The second-order valence-corrected chi connectivity index (χ2v) is 12.9. The lowest BCUT2D eigenvalue weighted by Crippen LogP contribution is -2.41. The fraction of sp³-hybridized carbons (Fsp3) is 0.606. The Hall–Kier alpha value is -2.19. The number of carbonyl (C=O) groups is 3. The molecule has 0 radical (unpaired) electrons. The van der Waals surface area contributed by atoms with Crippen LogP contribution >= 0.6 is 21.6 Å². The Labute approximate surface area is 256 Å². The number of carboxylic acid groups (broad SMARTS) is 1. The molecular weight excluding hydrogens is 553 g/mol. The van der Waals surface area contributed by atoms with Crippen LogP contribution in [-0.2, 0) is 14.4 Å². The molecular formula is C33H52N2O4S2. The van der Waals surface area contributed by atoms with Gasteiger partial charge in [0.2, 0.25) is 11.8 Å². The zero-order chi connectivity index (χ0) is 29.8. The number of aliphatic carboxylic acids is 1. The third-order valence-corrected chi connectivity index (χ3v) is 9.47. The number of hydrogen-bond acceptors (Lipinski definition) is 5. The van der Waals surface area contributed by atoms with Gasteiger partial charge in [-0.1, -0.05) is 95.7 Å². The Morgan fingerprint density at radius 3 is 2.00 bits per heavy atom. The maximum Gasteiger partial charge on any atom is 0.326 e. The summed E-state index contributed by atoms with van der Waals surface area (Å²) in [7, 11) is 3.91. The molecule has 41 heavy (non-hydrogen) atoms. The summed E-state index contributed by atoms with van der Waals surface area (Å²) in [6, 6.07) is -0.921. The minimum Gasteiger partial charge on any atom is -0.480 e. The van der Waals surface area contributed by atoms with Crippen molar-refractivity contribution in [1.82, 2.24) is 10.6 Å². The molecule has 0 aromatic rings. The molecule has 0 bridgehead atoms. The summed E-state index contributed by atoms with van der Waals surface area (Å²) in [5, 5.41) is 15.7. The van der Waals surface area contributed by atoms with Gasteiger partial charge in [-0.2, -0.15) is 0 Å². The smallest absolute Gasteiger partial charge is 0.326 e. The third-order valence-electron chi connectivity index (χ3n) is 6.46. The van der Waals surface area contributed by atoms with Crippen molar-refractivity contribution in [2.75, 3.05) is 12.3 Å². The van der Waals surface area contributed by atoms with Crippen molar-refractivity contribution in [3.63, 3.8) is 0 Å². The van der Waals surface area contributed by atoms with Crippen LogP contribution in [0.2, 0.25) is 0 Å². The van der Waals surface area contributed by atoms with Crippen LogP contribution in [0, 0.1) is 0 Å². The highest BCUT2D eigenvalue weighted by atomic mass is 33.1. The molecule has 1 aliphatic rings. The van der Waals surface area contributed by atoms with Crippen molar-refractivity contribution in [2.45, 2.75) is 115 Å². The average molecular weight is 605 g/mol. The van der Waals surface area contributed by atoms with Gasteiger partial charge in [-0.15, -0.1) is 0 Å². The van der Waals surface area contributed by atoms with Crippen LogP contribution in [0.3, 0.4) is 0 Å².